The van der Waals surface area contributed by atoms with Crippen LogP contribution in [0.4, 0.5) is 4.39 Å². The molecule has 0 unspecified atom stereocenters. The van der Waals surface area contributed by atoms with Gasteiger partial charge in [0.15, 0.2) is 0 Å². The number of hydrogen-bond donors (Lipinski definition) is 0. The zero-order valence-corrected chi connectivity index (χ0v) is 16.7. The molecule has 3 heterocycles. The third-order valence-electron chi connectivity index (χ3n) is 5.97. The van der Waals surface area contributed by atoms with E-state index in [0.717, 1.165) is 54.0 Å². The maximum atomic E-state index is 13.6. The summed E-state index contributed by atoms with van der Waals surface area (Å²) in [6.07, 6.45) is 6.80. The lowest BCUT2D eigenvalue weighted by Crippen LogP contribution is -2.30. The molecule has 1 fully saturated rings. The number of aryl methyl sites for hydroxylation is 2. The van der Waals surface area contributed by atoms with E-state index in [4.69, 9.17) is 4.98 Å². The van der Waals surface area contributed by atoms with Gasteiger partial charge >= 0.3 is 0 Å². The summed E-state index contributed by atoms with van der Waals surface area (Å²) < 4.78 is 15.2. The molecule has 0 N–H and O–H groups in total. The zero-order chi connectivity index (χ0) is 19.1. The molecule has 0 spiro atoms. The fourth-order valence-electron chi connectivity index (χ4n) is 4.48. The highest BCUT2D eigenvalue weighted by Crippen LogP contribution is 2.34. The summed E-state index contributed by atoms with van der Waals surface area (Å²) in [4.78, 5) is 23.2. The molecule has 1 aromatic carbocycles. The molecule has 1 aliphatic carbocycles. The molecule has 4 nitrogen and oxygen atoms in total. The summed E-state index contributed by atoms with van der Waals surface area (Å²) in [5.41, 5.74) is 2.23. The predicted octanol–water partition coefficient (Wildman–Crippen LogP) is 4.12. The van der Waals surface area contributed by atoms with Gasteiger partial charge in [0, 0.05) is 4.88 Å². The lowest BCUT2D eigenvalue weighted by Gasteiger charge is -2.18. The van der Waals surface area contributed by atoms with Crippen molar-refractivity contribution in [3.8, 4) is 0 Å². The van der Waals surface area contributed by atoms with Crippen LogP contribution in [-0.2, 0) is 25.9 Å². The Hall–Kier alpha value is -2.05. The zero-order valence-electron chi connectivity index (χ0n) is 15.9. The molecule has 0 saturated carbocycles. The summed E-state index contributed by atoms with van der Waals surface area (Å²) in [6.45, 7) is 3.27. The van der Waals surface area contributed by atoms with Crippen LogP contribution in [0.1, 0.15) is 47.5 Å². The molecular formula is C22H24FN3OS. The average Bonchev–Trinajstić information content (AvgIpc) is 3.33. The fourth-order valence-corrected chi connectivity index (χ4v) is 5.75. The molecule has 2 aromatic heterocycles. The van der Waals surface area contributed by atoms with Crippen molar-refractivity contribution in [2.75, 3.05) is 13.1 Å². The maximum absolute atomic E-state index is 13.6. The monoisotopic (exact) mass is 397 g/mol. The molecular weight excluding hydrogens is 373 g/mol. The number of benzene rings is 1. The van der Waals surface area contributed by atoms with Crippen molar-refractivity contribution >= 4 is 21.6 Å². The Morgan fingerprint density at radius 3 is 2.54 bits per heavy atom. The van der Waals surface area contributed by atoms with Crippen LogP contribution in [0.2, 0.25) is 0 Å². The molecule has 3 aromatic rings. The molecule has 0 amide bonds. The largest absolute Gasteiger partial charge is 0.296 e. The van der Waals surface area contributed by atoms with Crippen molar-refractivity contribution in [1.82, 2.24) is 14.5 Å². The topological polar surface area (TPSA) is 38.1 Å². The molecule has 0 bridgehead atoms. The van der Waals surface area contributed by atoms with Crippen LogP contribution in [-0.4, -0.2) is 27.5 Å². The minimum Gasteiger partial charge on any atom is -0.296 e. The first-order chi connectivity index (χ1) is 13.7. The number of aromatic nitrogens is 2. The second-order valence-corrected chi connectivity index (χ2v) is 9.00. The minimum atomic E-state index is -0.256. The number of hydrogen-bond acceptors (Lipinski definition) is 4. The van der Waals surface area contributed by atoms with Crippen molar-refractivity contribution in [1.29, 1.82) is 0 Å². The summed E-state index contributed by atoms with van der Waals surface area (Å²) in [5, 5.41) is 0.826. The molecule has 1 aliphatic heterocycles. The standard InChI is InChI=1S/C22H24FN3OS/c23-16-9-7-15(8-10-16)13-26-19(14-25-11-3-4-12-25)24-21-20(22(26)27)17-5-1-2-6-18(17)28-21/h7-10H,1-6,11-14H2. The van der Waals surface area contributed by atoms with Crippen LogP contribution < -0.4 is 5.56 Å². The lowest BCUT2D eigenvalue weighted by molar-refractivity contribution is 0.315. The van der Waals surface area contributed by atoms with Crippen molar-refractivity contribution in [2.24, 2.45) is 0 Å². The number of nitrogens with zero attached hydrogens (tertiary/aromatic N) is 3. The Morgan fingerprint density at radius 1 is 1.00 bits per heavy atom. The summed E-state index contributed by atoms with van der Waals surface area (Å²) >= 11 is 1.71. The van der Waals surface area contributed by atoms with Crippen molar-refractivity contribution in [2.45, 2.75) is 51.6 Å². The van der Waals surface area contributed by atoms with E-state index in [1.165, 1.54) is 41.8 Å². The molecule has 2 aliphatic rings. The average molecular weight is 398 g/mol. The number of fused-ring (bicyclic) bond motifs is 3. The van der Waals surface area contributed by atoms with E-state index in [-0.39, 0.29) is 11.4 Å². The van der Waals surface area contributed by atoms with Crippen molar-refractivity contribution in [3.05, 3.63) is 62.3 Å². The first-order valence-corrected chi connectivity index (χ1v) is 11.0. The molecule has 5 rings (SSSR count). The molecule has 1 saturated heterocycles. The van der Waals surface area contributed by atoms with Gasteiger partial charge in [0.25, 0.3) is 5.56 Å². The highest BCUT2D eigenvalue weighted by Gasteiger charge is 2.23. The van der Waals surface area contributed by atoms with E-state index in [0.29, 0.717) is 13.1 Å². The SMILES string of the molecule is O=c1c2c3c(sc2nc(CN2CCCC2)n1Cc1ccc(F)cc1)CCCC3. The summed E-state index contributed by atoms with van der Waals surface area (Å²) in [5.74, 6) is 0.580. The Kier molecular flexibility index (Phi) is 4.77. The van der Waals surface area contributed by atoms with Gasteiger partial charge in [-0.15, -0.1) is 11.3 Å². The van der Waals surface area contributed by atoms with E-state index in [1.54, 1.807) is 23.5 Å². The van der Waals surface area contributed by atoms with Crippen molar-refractivity contribution < 1.29 is 4.39 Å². The van der Waals surface area contributed by atoms with Crippen LogP contribution in [0.25, 0.3) is 10.2 Å². The van der Waals surface area contributed by atoms with E-state index in [1.807, 2.05) is 4.57 Å². The summed E-state index contributed by atoms with van der Waals surface area (Å²) in [7, 11) is 0. The van der Waals surface area contributed by atoms with Crippen LogP contribution in [0.3, 0.4) is 0 Å². The third kappa shape index (κ3) is 3.29. The smallest absolute Gasteiger partial charge is 0.262 e. The number of thiophene rings is 1. The molecule has 146 valence electrons. The van der Waals surface area contributed by atoms with Gasteiger partial charge < -0.3 is 0 Å². The Labute approximate surface area is 167 Å². The van der Waals surface area contributed by atoms with Crippen LogP contribution in [0, 0.1) is 5.82 Å². The van der Waals surface area contributed by atoms with E-state index >= 15 is 0 Å². The Balaban J connectivity index is 1.63. The first-order valence-electron chi connectivity index (χ1n) is 10.2. The molecule has 6 heteroatoms. The minimum absolute atomic E-state index is 0.0721. The van der Waals surface area contributed by atoms with Crippen molar-refractivity contribution in [3.63, 3.8) is 0 Å². The predicted molar refractivity (Wildman–Crippen MR) is 111 cm³/mol. The quantitative estimate of drug-likeness (QED) is 0.665. The first kappa shape index (κ1) is 18.0. The highest BCUT2D eigenvalue weighted by atomic mass is 32.1. The Morgan fingerprint density at radius 2 is 1.75 bits per heavy atom. The molecule has 0 radical (unpaired) electrons. The van der Waals surface area contributed by atoms with E-state index in [9.17, 15) is 9.18 Å². The van der Waals surface area contributed by atoms with Gasteiger partial charge in [0.1, 0.15) is 16.5 Å². The van der Waals surface area contributed by atoms with Crippen LogP contribution >= 0.6 is 11.3 Å². The second kappa shape index (κ2) is 7.41. The van der Waals surface area contributed by atoms with Gasteiger partial charge in [0.2, 0.25) is 0 Å². The fraction of sp³-hybridized carbons (Fsp3) is 0.455. The lowest BCUT2D eigenvalue weighted by atomic mass is 9.97. The second-order valence-electron chi connectivity index (χ2n) is 7.92. The molecule has 28 heavy (non-hydrogen) atoms. The number of likely N-dealkylation sites (tertiary alicyclic amines) is 1. The van der Waals surface area contributed by atoms with Crippen LogP contribution in [0.15, 0.2) is 29.1 Å². The third-order valence-corrected chi connectivity index (χ3v) is 7.16. The normalized spacial score (nSPS) is 17.3. The van der Waals surface area contributed by atoms with E-state index < -0.39 is 0 Å². The van der Waals surface area contributed by atoms with Gasteiger partial charge in [-0.1, -0.05) is 12.1 Å². The van der Waals surface area contributed by atoms with Gasteiger partial charge in [-0.2, -0.15) is 0 Å². The van der Waals surface area contributed by atoms with Gasteiger partial charge in [-0.05, 0) is 74.9 Å². The molecule has 0 atom stereocenters. The van der Waals surface area contributed by atoms with Gasteiger partial charge in [0.05, 0.1) is 18.5 Å². The van der Waals surface area contributed by atoms with Gasteiger partial charge in [-0.25, -0.2) is 9.37 Å². The highest BCUT2D eigenvalue weighted by molar-refractivity contribution is 7.18. The van der Waals surface area contributed by atoms with Gasteiger partial charge in [-0.3, -0.25) is 14.3 Å². The number of halogens is 1. The van der Waals surface area contributed by atoms with Crippen LogP contribution in [0.5, 0.6) is 0 Å². The number of rotatable bonds is 4. The van der Waals surface area contributed by atoms with E-state index in [2.05, 4.69) is 4.90 Å². The summed E-state index contributed by atoms with van der Waals surface area (Å²) in [6, 6.07) is 6.43. The maximum Gasteiger partial charge on any atom is 0.262 e. The Bertz CT molecular complexity index is 1060.